The summed E-state index contributed by atoms with van der Waals surface area (Å²) in [4.78, 5) is 16.1. The highest BCUT2D eigenvalue weighted by molar-refractivity contribution is 8.87. The summed E-state index contributed by atoms with van der Waals surface area (Å²) in [5, 5.41) is 3.56. The molecule has 1 aliphatic rings. The summed E-state index contributed by atoms with van der Waals surface area (Å²) < 4.78 is 5.58. The van der Waals surface area contributed by atoms with Gasteiger partial charge >= 0.3 is 0 Å². The number of hydrogen-bond donors (Lipinski definition) is 1. The number of rotatable bonds is 5. The van der Waals surface area contributed by atoms with Gasteiger partial charge in [-0.15, -0.1) is 0 Å². The average molecular weight is 319 g/mol. The number of nitrogens with one attached hydrogen (secondary N) is 1. The van der Waals surface area contributed by atoms with Crippen molar-refractivity contribution in [1.29, 1.82) is 0 Å². The third kappa shape index (κ3) is 9.53. The first-order chi connectivity index (χ1) is 9.83. The maximum Gasteiger partial charge on any atom is 0.290 e. The fourth-order valence-corrected chi connectivity index (χ4v) is 3.34. The van der Waals surface area contributed by atoms with Crippen LogP contribution in [-0.4, -0.2) is 30.2 Å². The molecule has 0 aliphatic carbocycles. The van der Waals surface area contributed by atoms with Crippen molar-refractivity contribution in [2.24, 2.45) is 4.99 Å². The number of carbonyl (C=O) groups excluding carboxylic acids is 1. The standard InChI is InChI=1S/C14H26N2O2S2/c1-2-3-4-7-10-15-13(17)19-20-14-16-11-8-5-6-9-12-18-14/h2-12H2,1H3,(H,15,17). The maximum absolute atomic E-state index is 11.7. The molecule has 0 aromatic heterocycles. The van der Waals surface area contributed by atoms with Crippen LogP contribution in [0.5, 0.6) is 0 Å². The van der Waals surface area contributed by atoms with Crippen LogP contribution in [0.3, 0.4) is 0 Å². The Morgan fingerprint density at radius 3 is 2.95 bits per heavy atom. The second-order valence-corrected chi connectivity index (χ2v) is 6.91. The molecule has 4 nitrogen and oxygen atoms in total. The highest BCUT2D eigenvalue weighted by Crippen LogP contribution is 2.25. The summed E-state index contributed by atoms with van der Waals surface area (Å²) in [7, 11) is 2.52. The Bertz CT molecular complexity index is 299. The summed E-state index contributed by atoms with van der Waals surface area (Å²) in [5.74, 6) is 0. The van der Waals surface area contributed by atoms with Crippen LogP contribution in [-0.2, 0) is 4.74 Å². The quantitative estimate of drug-likeness (QED) is 0.594. The highest BCUT2D eigenvalue weighted by atomic mass is 33.1. The zero-order valence-corrected chi connectivity index (χ0v) is 14.0. The lowest BCUT2D eigenvalue weighted by Crippen LogP contribution is -2.19. The van der Waals surface area contributed by atoms with Gasteiger partial charge in [0, 0.05) is 34.7 Å². The van der Waals surface area contributed by atoms with Crippen molar-refractivity contribution in [2.75, 3.05) is 19.7 Å². The zero-order valence-electron chi connectivity index (χ0n) is 12.4. The molecule has 0 aromatic rings. The molecule has 6 heteroatoms. The van der Waals surface area contributed by atoms with Crippen LogP contribution >= 0.6 is 21.6 Å². The molecule has 1 N–H and O–H groups in total. The van der Waals surface area contributed by atoms with Gasteiger partial charge < -0.3 is 10.1 Å². The van der Waals surface area contributed by atoms with E-state index in [0.717, 1.165) is 32.4 Å². The minimum Gasteiger partial charge on any atom is -0.472 e. The first-order valence-electron chi connectivity index (χ1n) is 7.62. The van der Waals surface area contributed by atoms with Crippen LogP contribution in [0.2, 0.25) is 0 Å². The topological polar surface area (TPSA) is 50.7 Å². The van der Waals surface area contributed by atoms with Crippen molar-refractivity contribution in [2.45, 2.75) is 58.3 Å². The molecule has 1 amide bonds. The van der Waals surface area contributed by atoms with Gasteiger partial charge in [0.15, 0.2) is 0 Å². The Morgan fingerprint density at radius 2 is 2.10 bits per heavy atom. The Hall–Kier alpha value is -0.360. The summed E-state index contributed by atoms with van der Waals surface area (Å²) in [5.41, 5.74) is 0. The second-order valence-electron chi connectivity index (χ2n) is 4.85. The fraction of sp³-hybridized carbons (Fsp3) is 0.857. The van der Waals surface area contributed by atoms with E-state index in [-0.39, 0.29) is 5.24 Å². The Balaban J connectivity index is 2.11. The highest BCUT2D eigenvalue weighted by Gasteiger charge is 2.09. The van der Waals surface area contributed by atoms with E-state index in [9.17, 15) is 4.79 Å². The third-order valence-electron chi connectivity index (χ3n) is 3.01. The molecule has 0 aromatic carbocycles. The van der Waals surface area contributed by atoms with Gasteiger partial charge in [0.2, 0.25) is 0 Å². The first kappa shape index (κ1) is 17.7. The number of carbonyl (C=O) groups is 1. The predicted molar refractivity (Wildman–Crippen MR) is 89.4 cm³/mol. The molecule has 0 saturated carbocycles. The van der Waals surface area contributed by atoms with Crippen molar-refractivity contribution in [3.05, 3.63) is 0 Å². The Kier molecular flexibility index (Phi) is 11.0. The molecule has 1 heterocycles. The minimum atomic E-state index is -0.00216. The van der Waals surface area contributed by atoms with E-state index < -0.39 is 0 Å². The molecule has 0 bridgehead atoms. The van der Waals surface area contributed by atoms with Crippen LogP contribution in [0, 0.1) is 0 Å². The number of ether oxygens (including phenoxy) is 1. The summed E-state index contributed by atoms with van der Waals surface area (Å²) in [6.07, 6.45) is 9.31. The summed E-state index contributed by atoms with van der Waals surface area (Å²) >= 11 is 0. The van der Waals surface area contributed by atoms with Crippen molar-refractivity contribution in [3.8, 4) is 0 Å². The van der Waals surface area contributed by atoms with Gasteiger partial charge in [-0.2, -0.15) is 0 Å². The van der Waals surface area contributed by atoms with Crippen LogP contribution in [0.15, 0.2) is 4.99 Å². The van der Waals surface area contributed by atoms with Gasteiger partial charge in [0.25, 0.3) is 10.5 Å². The predicted octanol–water partition coefficient (Wildman–Crippen LogP) is 4.60. The van der Waals surface area contributed by atoms with Crippen LogP contribution in [0.25, 0.3) is 0 Å². The zero-order chi connectivity index (χ0) is 14.5. The lowest BCUT2D eigenvalue weighted by molar-refractivity contribution is 0.260. The summed E-state index contributed by atoms with van der Waals surface area (Å²) in [6, 6.07) is 0. The minimum absolute atomic E-state index is 0.00216. The smallest absolute Gasteiger partial charge is 0.290 e. The first-order valence-corrected chi connectivity index (χ1v) is 9.77. The molecule has 0 radical (unpaired) electrons. The van der Waals surface area contributed by atoms with Gasteiger partial charge in [0.05, 0.1) is 6.61 Å². The normalized spacial score (nSPS) is 16.4. The molecule has 0 unspecified atom stereocenters. The fourth-order valence-electron chi connectivity index (χ4n) is 1.84. The van der Waals surface area contributed by atoms with E-state index in [1.54, 1.807) is 0 Å². The van der Waals surface area contributed by atoms with Crippen molar-refractivity contribution >= 4 is 32.1 Å². The Labute approximate surface area is 130 Å². The van der Waals surface area contributed by atoms with Crippen molar-refractivity contribution in [3.63, 3.8) is 0 Å². The molecular formula is C14H26N2O2S2. The van der Waals surface area contributed by atoms with Gasteiger partial charge in [-0.25, -0.2) is 4.99 Å². The number of amides is 1. The van der Waals surface area contributed by atoms with Gasteiger partial charge in [-0.3, -0.25) is 4.79 Å². The monoisotopic (exact) mass is 318 g/mol. The number of unbranched alkanes of at least 4 members (excludes halogenated alkanes) is 3. The SMILES string of the molecule is CCCCCCNC(=O)SSC1=NCCCCCCO1. The molecule has 116 valence electrons. The average Bonchev–Trinajstić information content (AvgIpc) is 2.58. The molecule has 20 heavy (non-hydrogen) atoms. The Morgan fingerprint density at radius 1 is 1.25 bits per heavy atom. The molecule has 1 aliphatic heterocycles. The van der Waals surface area contributed by atoms with Crippen LogP contribution in [0.1, 0.15) is 58.3 Å². The molecule has 0 fully saturated rings. The number of aliphatic imine (C=N–C) groups is 1. The second kappa shape index (κ2) is 12.4. The lowest BCUT2D eigenvalue weighted by Gasteiger charge is -2.07. The molecule has 0 saturated heterocycles. The van der Waals surface area contributed by atoms with E-state index in [4.69, 9.17) is 4.74 Å². The maximum atomic E-state index is 11.7. The van der Waals surface area contributed by atoms with E-state index in [1.165, 1.54) is 53.7 Å². The largest absolute Gasteiger partial charge is 0.472 e. The molecule has 0 atom stereocenters. The van der Waals surface area contributed by atoms with E-state index in [0.29, 0.717) is 11.8 Å². The molecule has 1 rings (SSSR count). The molecule has 0 spiro atoms. The van der Waals surface area contributed by atoms with E-state index >= 15 is 0 Å². The third-order valence-corrected chi connectivity index (χ3v) is 4.91. The van der Waals surface area contributed by atoms with E-state index in [1.807, 2.05) is 0 Å². The van der Waals surface area contributed by atoms with Gasteiger partial charge in [0.1, 0.15) is 0 Å². The van der Waals surface area contributed by atoms with Crippen molar-refractivity contribution < 1.29 is 9.53 Å². The number of hydrogen-bond acceptors (Lipinski definition) is 5. The van der Waals surface area contributed by atoms with E-state index in [2.05, 4.69) is 17.2 Å². The number of nitrogens with zero attached hydrogens (tertiary/aromatic N) is 1. The van der Waals surface area contributed by atoms with Crippen LogP contribution in [0.4, 0.5) is 4.79 Å². The molecular weight excluding hydrogens is 292 g/mol. The van der Waals surface area contributed by atoms with Crippen LogP contribution < -0.4 is 5.32 Å². The van der Waals surface area contributed by atoms with Gasteiger partial charge in [-0.1, -0.05) is 32.6 Å². The summed E-state index contributed by atoms with van der Waals surface area (Å²) in [6.45, 7) is 4.47. The van der Waals surface area contributed by atoms with Crippen molar-refractivity contribution in [1.82, 2.24) is 5.32 Å². The lowest BCUT2D eigenvalue weighted by atomic mass is 10.2. The van der Waals surface area contributed by atoms with Gasteiger partial charge in [-0.05, 0) is 25.7 Å².